The number of benzene rings is 9. The maximum Gasteiger partial charge on any atom is 0.164 e. The molecule has 0 saturated carbocycles. The zero-order valence-electron chi connectivity index (χ0n) is 31.4. The molecule has 0 bridgehead atoms. The second-order valence-corrected chi connectivity index (χ2v) is 15.2. The van der Waals surface area contributed by atoms with Gasteiger partial charge in [-0.1, -0.05) is 127 Å². The molecule has 0 fully saturated rings. The zero-order chi connectivity index (χ0) is 38.6. The van der Waals surface area contributed by atoms with Crippen LogP contribution in [0.4, 0.5) is 0 Å². The summed E-state index contributed by atoms with van der Waals surface area (Å²) in [5.74, 6) is 1.68. The molecule has 6 nitrogen and oxygen atoms in total. The standard InChI is InChI=1S/C53H30N4O2/c1-2-14-33-27-45-42(26-32(33)13-1)37-17-5-8-21-44(37)57(45)35-29-43(50-41-19-7-10-23-47(41)59-49(50)30-35)53-55-51(34-24-25-39-38-18-6-9-22-46(38)58-48(39)28-34)54-52(56-53)40-20-11-15-31-12-3-4-16-36(31)40/h1-30H. The quantitative estimate of drug-likeness (QED) is 0.179. The van der Waals surface area contributed by atoms with Crippen molar-refractivity contribution in [2.24, 2.45) is 0 Å². The molecular weight excluding hydrogens is 725 g/mol. The molecule has 0 unspecified atom stereocenters. The molecule has 0 spiro atoms. The van der Waals surface area contributed by atoms with Crippen LogP contribution in [0.25, 0.3) is 127 Å². The van der Waals surface area contributed by atoms with Gasteiger partial charge in [0.15, 0.2) is 17.5 Å². The van der Waals surface area contributed by atoms with Gasteiger partial charge in [0.1, 0.15) is 22.3 Å². The minimum atomic E-state index is 0.548. The van der Waals surface area contributed by atoms with Gasteiger partial charge in [-0.15, -0.1) is 0 Å². The van der Waals surface area contributed by atoms with Gasteiger partial charge in [-0.05, 0) is 70.1 Å². The predicted octanol–water partition coefficient (Wildman–Crippen LogP) is 14.1. The van der Waals surface area contributed by atoms with Crippen LogP contribution in [0.3, 0.4) is 0 Å². The molecule has 13 aromatic rings. The fourth-order valence-corrected chi connectivity index (χ4v) is 9.11. The molecule has 0 aliphatic carbocycles. The Kier molecular flexibility index (Phi) is 6.63. The summed E-state index contributed by atoms with van der Waals surface area (Å²) >= 11 is 0. The number of hydrogen-bond donors (Lipinski definition) is 0. The van der Waals surface area contributed by atoms with E-state index in [1.807, 2.05) is 36.4 Å². The van der Waals surface area contributed by atoms with Gasteiger partial charge in [-0.25, -0.2) is 15.0 Å². The number of hydrogen-bond acceptors (Lipinski definition) is 5. The topological polar surface area (TPSA) is 69.9 Å². The van der Waals surface area contributed by atoms with Crippen LogP contribution < -0.4 is 0 Å². The molecule has 6 heteroatoms. The molecule has 0 N–H and O–H groups in total. The average molecular weight is 755 g/mol. The summed E-state index contributed by atoms with van der Waals surface area (Å²) in [4.78, 5) is 16.0. The molecule has 0 saturated heterocycles. The molecule has 4 aromatic heterocycles. The van der Waals surface area contributed by atoms with Crippen molar-refractivity contribution in [3.05, 3.63) is 182 Å². The van der Waals surface area contributed by atoms with Crippen molar-refractivity contribution in [1.29, 1.82) is 0 Å². The van der Waals surface area contributed by atoms with Crippen LogP contribution in [0.15, 0.2) is 191 Å². The van der Waals surface area contributed by atoms with Crippen LogP contribution in [0.1, 0.15) is 0 Å². The smallest absolute Gasteiger partial charge is 0.164 e. The summed E-state index contributed by atoms with van der Waals surface area (Å²) in [6, 6.07) is 63.3. The van der Waals surface area contributed by atoms with E-state index in [-0.39, 0.29) is 0 Å². The lowest BCUT2D eigenvalue weighted by Gasteiger charge is -2.13. The van der Waals surface area contributed by atoms with Gasteiger partial charge < -0.3 is 13.4 Å². The fourth-order valence-electron chi connectivity index (χ4n) is 9.11. The highest BCUT2D eigenvalue weighted by molar-refractivity contribution is 6.16. The van der Waals surface area contributed by atoms with E-state index >= 15 is 0 Å². The second-order valence-electron chi connectivity index (χ2n) is 15.2. The van der Waals surface area contributed by atoms with E-state index in [1.165, 1.54) is 21.5 Å². The largest absolute Gasteiger partial charge is 0.456 e. The first kappa shape index (κ1) is 32.0. The third kappa shape index (κ3) is 4.84. The van der Waals surface area contributed by atoms with Gasteiger partial charge >= 0.3 is 0 Å². The Hall–Kier alpha value is -8.09. The minimum absolute atomic E-state index is 0.548. The van der Waals surface area contributed by atoms with Crippen LogP contribution in [-0.4, -0.2) is 19.5 Å². The van der Waals surface area contributed by atoms with Gasteiger partial charge in [-0.3, -0.25) is 0 Å². The number of para-hydroxylation sites is 3. The molecule has 13 rings (SSSR count). The summed E-state index contributed by atoms with van der Waals surface area (Å²) in [6.07, 6.45) is 0. The van der Waals surface area contributed by atoms with Gasteiger partial charge in [0.2, 0.25) is 0 Å². The Morgan fingerprint density at radius 1 is 0.339 bits per heavy atom. The van der Waals surface area contributed by atoms with E-state index in [9.17, 15) is 0 Å². The van der Waals surface area contributed by atoms with E-state index in [1.54, 1.807) is 0 Å². The highest BCUT2D eigenvalue weighted by atomic mass is 16.3. The van der Waals surface area contributed by atoms with E-state index in [0.29, 0.717) is 17.5 Å². The molecule has 0 amide bonds. The van der Waals surface area contributed by atoms with Gasteiger partial charge in [0.05, 0.1) is 16.7 Å². The third-order valence-electron chi connectivity index (χ3n) is 11.8. The number of fused-ring (bicyclic) bond motifs is 11. The molecule has 0 aliphatic heterocycles. The summed E-state index contributed by atoms with van der Waals surface area (Å²) < 4.78 is 15.4. The Morgan fingerprint density at radius 3 is 1.80 bits per heavy atom. The van der Waals surface area contributed by atoms with Crippen molar-refractivity contribution in [3.8, 4) is 39.9 Å². The highest BCUT2D eigenvalue weighted by Gasteiger charge is 2.22. The Bertz CT molecular complexity index is 3870. The van der Waals surface area contributed by atoms with E-state index in [4.69, 9.17) is 23.8 Å². The lowest BCUT2D eigenvalue weighted by atomic mass is 10.0. The van der Waals surface area contributed by atoms with Crippen molar-refractivity contribution in [1.82, 2.24) is 19.5 Å². The molecule has 9 aromatic carbocycles. The van der Waals surface area contributed by atoms with Crippen molar-refractivity contribution >= 4 is 87.2 Å². The number of furan rings is 2. The predicted molar refractivity (Wildman–Crippen MR) is 240 cm³/mol. The monoisotopic (exact) mass is 754 g/mol. The maximum atomic E-state index is 6.72. The SMILES string of the molecule is c1ccc2cc3c(cc2c1)c1ccccc1n3-c1cc(-c2nc(-c3ccc4c(c3)oc3ccccc34)nc(-c3cccc4ccccc34)n2)c2c(c1)oc1ccccc12. The van der Waals surface area contributed by atoms with Gasteiger partial charge in [-0.2, -0.15) is 0 Å². The fraction of sp³-hybridized carbons (Fsp3) is 0. The molecule has 0 radical (unpaired) electrons. The molecule has 59 heavy (non-hydrogen) atoms. The minimum Gasteiger partial charge on any atom is -0.456 e. The molecular formula is C53H30N4O2. The first-order valence-corrected chi connectivity index (χ1v) is 19.8. The third-order valence-corrected chi connectivity index (χ3v) is 11.8. The van der Waals surface area contributed by atoms with E-state index < -0.39 is 0 Å². The van der Waals surface area contributed by atoms with Crippen molar-refractivity contribution < 1.29 is 8.83 Å². The molecule has 0 atom stereocenters. The first-order chi connectivity index (χ1) is 29.2. The Balaban J connectivity index is 1.13. The number of aromatic nitrogens is 4. The van der Waals surface area contributed by atoms with Crippen molar-refractivity contribution in [2.75, 3.05) is 0 Å². The van der Waals surface area contributed by atoms with E-state index in [2.05, 4.69) is 150 Å². The highest BCUT2D eigenvalue weighted by Crippen LogP contribution is 2.42. The summed E-state index contributed by atoms with van der Waals surface area (Å²) in [7, 11) is 0. The van der Waals surface area contributed by atoms with Crippen molar-refractivity contribution in [2.45, 2.75) is 0 Å². The maximum absolute atomic E-state index is 6.72. The normalized spacial score (nSPS) is 12.1. The van der Waals surface area contributed by atoms with Gasteiger partial charge in [0, 0.05) is 55.1 Å². The number of rotatable bonds is 4. The van der Waals surface area contributed by atoms with Crippen molar-refractivity contribution in [3.63, 3.8) is 0 Å². The first-order valence-electron chi connectivity index (χ1n) is 19.8. The zero-order valence-corrected chi connectivity index (χ0v) is 31.4. The van der Waals surface area contributed by atoms with Crippen LogP contribution in [-0.2, 0) is 0 Å². The molecule has 274 valence electrons. The second kappa shape index (κ2) is 12.2. The Morgan fingerprint density at radius 2 is 0.949 bits per heavy atom. The molecule has 4 heterocycles. The van der Waals surface area contributed by atoms with Crippen LogP contribution >= 0.6 is 0 Å². The van der Waals surface area contributed by atoms with Crippen LogP contribution in [0.5, 0.6) is 0 Å². The molecule has 0 aliphatic rings. The summed E-state index contributed by atoms with van der Waals surface area (Å²) in [5, 5.41) is 11.0. The average Bonchev–Trinajstić information content (AvgIpc) is 3.96. The Labute approximate surface area is 336 Å². The summed E-state index contributed by atoms with van der Waals surface area (Å²) in [6.45, 7) is 0. The van der Waals surface area contributed by atoms with Crippen LogP contribution in [0.2, 0.25) is 0 Å². The number of nitrogens with zero attached hydrogens (tertiary/aromatic N) is 4. The van der Waals surface area contributed by atoms with Crippen LogP contribution in [0, 0.1) is 0 Å². The van der Waals surface area contributed by atoms with E-state index in [0.717, 1.165) is 88.1 Å². The lowest BCUT2D eigenvalue weighted by molar-refractivity contribution is 0.668. The lowest BCUT2D eigenvalue weighted by Crippen LogP contribution is -2.02. The van der Waals surface area contributed by atoms with Gasteiger partial charge in [0.25, 0.3) is 0 Å². The summed E-state index contributed by atoms with van der Waals surface area (Å²) in [5.41, 5.74) is 8.95.